The molecule has 0 spiro atoms. The second-order valence-corrected chi connectivity index (χ2v) is 6.64. The Morgan fingerprint density at radius 1 is 1.00 bits per heavy atom. The number of ether oxygens (including phenoxy) is 3. The summed E-state index contributed by atoms with van der Waals surface area (Å²) in [5.74, 6) is -0.262. The number of hydrogen-bond acceptors (Lipinski definition) is 6. The molecular formula is C23H23NO6. The first kappa shape index (κ1) is 21.0. The van der Waals surface area contributed by atoms with Crippen LogP contribution in [0.25, 0.3) is 10.8 Å². The van der Waals surface area contributed by atoms with Crippen molar-refractivity contribution in [2.75, 3.05) is 14.2 Å². The minimum absolute atomic E-state index is 0.00763. The number of esters is 1. The Labute approximate surface area is 174 Å². The van der Waals surface area contributed by atoms with Crippen LogP contribution in [-0.2, 0) is 16.1 Å². The minimum atomic E-state index is -1.04. The van der Waals surface area contributed by atoms with E-state index in [1.807, 2.05) is 12.1 Å². The third kappa shape index (κ3) is 4.46. The molecule has 0 bridgehead atoms. The minimum Gasteiger partial charge on any atom is -0.506 e. The van der Waals surface area contributed by atoms with E-state index in [1.165, 1.54) is 20.1 Å². The van der Waals surface area contributed by atoms with Gasteiger partial charge >= 0.3 is 5.97 Å². The molecule has 0 unspecified atom stereocenters. The van der Waals surface area contributed by atoms with Gasteiger partial charge in [-0.25, -0.2) is 4.79 Å². The molecule has 0 aliphatic rings. The Morgan fingerprint density at radius 3 is 2.47 bits per heavy atom. The molecule has 7 nitrogen and oxygen atoms in total. The zero-order valence-corrected chi connectivity index (χ0v) is 17.0. The predicted octanol–water partition coefficient (Wildman–Crippen LogP) is 3.42. The zero-order valence-electron chi connectivity index (χ0n) is 17.0. The van der Waals surface area contributed by atoms with Gasteiger partial charge in [0.15, 0.2) is 17.6 Å². The number of phenols is 1. The van der Waals surface area contributed by atoms with E-state index in [1.54, 1.807) is 43.5 Å². The largest absolute Gasteiger partial charge is 0.506 e. The molecule has 30 heavy (non-hydrogen) atoms. The number of carbonyl (C=O) groups excluding carboxylic acids is 2. The molecule has 3 aromatic carbocycles. The summed E-state index contributed by atoms with van der Waals surface area (Å²) in [5, 5.41) is 14.4. The van der Waals surface area contributed by atoms with Gasteiger partial charge in [-0.2, -0.15) is 0 Å². The molecule has 7 heteroatoms. The first-order chi connectivity index (χ1) is 14.4. The van der Waals surface area contributed by atoms with Crippen molar-refractivity contribution in [2.24, 2.45) is 0 Å². The lowest BCUT2D eigenvalue weighted by Gasteiger charge is -2.15. The van der Waals surface area contributed by atoms with Crippen molar-refractivity contribution in [3.63, 3.8) is 0 Å². The average molecular weight is 409 g/mol. The van der Waals surface area contributed by atoms with Crippen LogP contribution in [0.2, 0.25) is 0 Å². The SMILES string of the molecule is COc1ccc(CNC(=O)[C@H](C)OC(=O)c2ccc3ccccc3c2O)cc1OC. The number of benzene rings is 3. The van der Waals surface area contributed by atoms with Crippen LogP contribution in [0.3, 0.4) is 0 Å². The lowest BCUT2D eigenvalue weighted by molar-refractivity contribution is -0.129. The van der Waals surface area contributed by atoms with Crippen molar-refractivity contribution in [1.29, 1.82) is 0 Å². The number of methoxy groups -OCH3 is 2. The summed E-state index contributed by atoms with van der Waals surface area (Å²) >= 11 is 0. The molecule has 3 rings (SSSR count). The number of aromatic hydroxyl groups is 1. The van der Waals surface area contributed by atoms with Gasteiger partial charge in [0.2, 0.25) is 0 Å². The molecule has 156 valence electrons. The number of nitrogens with one attached hydrogen (secondary N) is 1. The second kappa shape index (κ2) is 9.17. The van der Waals surface area contributed by atoms with E-state index in [0.717, 1.165) is 10.9 Å². The van der Waals surface area contributed by atoms with Crippen LogP contribution in [-0.4, -0.2) is 37.3 Å². The Morgan fingerprint density at radius 2 is 1.73 bits per heavy atom. The monoisotopic (exact) mass is 409 g/mol. The first-order valence-corrected chi connectivity index (χ1v) is 9.35. The van der Waals surface area contributed by atoms with Gasteiger partial charge in [0, 0.05) is 11.9 Å². The van der Waals surface area contributed by atoms with Gasteiger partial charge in [0.05, 0.1) is 14.2 Å². The van der Waals surface area contributed by atoms with Crippen LogP contribution >= 0.6 is 0 Å². The average Bonchev–Trinajstić information content (AvgIpc) is 2.77. The van der Waals surface area contributed by atoms with Crippen LogP contribution in [0.4, 0.5) is 0 Å². The van der Waals surface area contributed by atoms with Gasteiger partial charge in [-0.3, -0.25) is 4.79 Å². The normalized spacial score (nSPS) is 11.6. The summed E-state index contributed by atoms with van der Waals surface area (Å²) in [5.41, 5.74) is 0.806. The molecule has 0 fully saturated rings. The van der Waals surface area contributed by atoms with Gasteiger partial charge in [-0.05, 0) is 36.1 Å². The highest BCUT2D eigenvalue weighted by Gasteiger charge is 2.22. The predicted molar refractivity (Wildman–Crippen MR) is 112 cm³/mol. The summed E-state index contributed by atoms with van der Waals surface area (Å²) in [6.45, 7) is 1.70. The van der Waals surface area contributed by atoms with Crippen molar-refractivity contribution >= 4 is 22.6 Å². The highest BCUT2D eigenvalue weighted by atomic mass is 16.5. The molecule has 0 aliphatic carbocycles. The molecule has 2 N–H and O–H groups in total. The molecule has 0 aliphatic heterocycles. The van der Waals surface area contributed by atoms with Gasteiger partial charge in [0.25, 0.3) is 5.91 Å². The third-order valence-electron chi connectivity index (χ3n) is 4.69. The molecule has 0 aromatic heterocycles. The van der Waals surface area contributed by atoms with E-state index in [0.29, 0.717) is 16.9 Å². The lowest BCUT2D eigenvalue weighted by Crippen LogP contribution is -2.35. The smallest absolute Gasteiger partial charge is 0.342 e. The Bertz CT molecular complexity index is 1080. The fourth-order valence-corrected chi connectivity index (χ4v) is 3.02. The first-order valence-electron chi connectivity index (χ1n) is 9.35. The van der Waals surface area contributed by atoms with Crippen molar-refractivity contribution in [3.05, 3.63) is 65.7 Å². The second-order valence-electron chi connectivity index (χ2n) is 6.64. The Hall–Kier alpha value is -3.74. The number of hydrogen-bond donors (Lipinski definition) is 2. The molecule has 0 saturated carbocycles. The standard InChI is InChI=1S/C23H23NO6/c1-14(22(26)24-13-15-8-11-19(28-2)20(12-15)29-3)30-23(27)18-10-9-16-6-4-5-7-17(16)21(18)25/h4-12,14,25H,13H2,1-3H3,(H,24,26)/t14-/m0/s1. The molecule has 0 heterocycles. The summed E-state index contributed by atoms with van der Waals surface area (Å²) < 4.78 is 15.7. The number of fused-ring (bicyclic) bond motifs is 1. The van der Waals surface area contributed by atoms with E-state index in [-0.39, 0.29) is 17.9 Å². The highest BCUT2D eigenvalue weighted by molar-refractivity contribution is 6.01. The zero-order chi connectivity index (χ0) is 21.7. The Balaban J connectivity index is 1.63. The van der Waals surface area contributed by atoms with Gasteiger partial charge in [-0.15, -0.1) is 0 Å². The summed E-state index contributed by atoms with van der Waals surface area (Å²) in [7, 11) is 3.08. The van der Waals surface area contributed by atoms with Crippen LogP contribution in [0.1, 0.15) is 22.8 Å². The van der Waals surface area contributed by atoms with Crippen LogP contribution in [0.15, 0.2) is 54.6 Å². The lowest BCUT2D eigenvalue weighted by atomic mass is 10.1. The molecule has 0 radical (unpaired) electrons. The maximum absolute atomic E-state index is 12.5. The van der Waals surface area contributed by atoms with Crippen molar-refractivity contribution in [2.45, 2.75) is 19.6 Å². The van der Waals surface area contributed by atoms with Gasteiger partial charge in [0.1, 0.15) is 11.3 Å². The number of rotatable bonds is 7. The summed E-state index contributed by atoms with van der Waals surface area (Å²) in [4.78, 5) is 24.8. The van der Waals surface area contributed by atoms with Crippen LogP contribution in [0, 0.1) is 0 Å². The van der Waals surface area contributed by atoms with Crippen LogP contribution < -0.4 is 14.8 Å². The number of phenolic OH excluding ortho intramolecular Hbond substituents is 1. The quantitative estimate of drug-likeness (QED) is 0.581. The topological polar surface area (TPSA) is 94.1 Å². The molecular weight excluding hydrogens is 386 g/mol. The highest BCUT2D eigenvalue weighted by Crippen LogP contribution is 2.29. The van der Waals surface area contributed by atoms with E-state index in [4.69, 9.17) is 14.2 Å². The third-order valence-corrected chi connectivity index (χ3v) is 4.69. The fourth-order valence-electron chi connectivity index (χ4n) is 3.02. The fraction of sp³-hybridized carbons (Fsp3) is 0.217. The molecule has 1 amide bonds. The maximum Gasteiger partial charge on any atom is 0.342 e. The van der Waals surface area contributed by atoms with Crippen molar-refractivity contribution < 1.29 is 28.9 Å². The summed E-state index contributed by atoms with van der Waals surface area (Å²) in [6.07, 6.45) is -1.04. The van der Waals surface area contributed by atoms with Crippen molar-refractivity contribution in [1.82, 2.24) is 5.32 Å². The molecule has 0 saturated heterocycles. The van der Waals surface area contributed by atoms with Gasteiger partial charge in [-0.1, -0.05) is 36.4 Å². The summed E-state index contributed by atoms with van der Waals surface area (Å²) in [6, 6.07) is 15.6. The van der Waals surface area contributed by atoms with Gasteiger partial charge < -0.3 is 24.6 Å². The van der Waals surface area contributed by atoms with Crippen LogP contribution in [0.5, 0.6) is 17.2 Å². The number of amides is 1. The van der Waals surface area contributed by atoms with E-state index in [2.05, 4.69) is 5.32 Å². The molecule has 1 atom stereocenters. The van der Waals surface area contributed by atoms with E-state index >= 15 is 0 Å². The number of carbonyl (C=O) groups is 2. The molecule has 3 aromatic rings. The van der Waals surface area contributed by atoms with Crippen molar-refractivity contribution in [3.8, 4) is 17.2 Å². The maximum atomic E-state index is 12.5. The van der Waals surface area contributed by atoms with E-state index in [9.17, 15) is 14.7 Å². The van der Waals surface area contributed by atoms with E-state index < -0.39 is 18.0 Å². The Kier molecular flexibility index (Phi) is 6.41.